The van der Waals surface area contributed by atoms with E-state index in [1.165, 1.54) is 0 Å². The van der Waals surface area contributed by atoms with Crippen LogP contribution in [0.4, 0.5) is 5.69 Å². The molecular weight excluding hydrogens is 376 g/mol. The van der Waals surface area contributed by atoms with Crippen molar-refractivity contribution in [1.82, 2.24) is 15.5 Å². The van der Waals surface area contributed by atoms with E-state index in [9.17, 15) is 0 Å². The van der Waals surface area contributed by atoms with Crippen LogP contribution in [-0.2, 0) is 6.42 Å². The second-order valence-corrected chi connectivity index (χ2v) is 7.25. The van der Waals surface area contributed by atoms with Gasteiger partial charge in [0, 0.05) is 22.7 Å². The van der Waals surface area contributed by atoms with Gasteiger partial charge in [-0.05, 0) is 68.9 Å². The van der Waals surface area contributed by atoms with Crippen LogP contribution in [0.15, 0.2) is 40.9 Å². The molecule has 30 heavy (non-hydrogen) atoms. The lowest BCUT2D eigenvalue weighted by Crippen LogP contribution is -2.19. The van der Waals surface area contributed by atoms with Crippen LogP contribution in [0, 0.1) is 6.57 Å². The van der Waals surface area contributed by atoms with Gasteiger partial charge in [-0.2, -0.15) is 4.98 Å². The van der Waals surface area contributed by atoms with Gasteiger partial charge in [0.1, 0.15) is 5.75 Å². The Morgan fingerprint density at radius 2 is 2.27 bits per heavy atom. The molecule has 1 N–H and O–H groups in total. The molecule has 3 aromatic rings. The smallest absolute Gasteiger partial charge is 0.256 e. The SMILES string of the molecule is [2H]C([2H])(CC)N[C@@H]1c2cccc(-c3noc(-c4ccc(OC(C)C)c([N+]#[C-])c4)n3)c2CC1([2H])[2H]. The van der Waals surface area contributed by atoms with Crippen LogP contribution in [0.2, 0.25) is 0 Å². The molecule has 1 aliphatic rings. The van der Waals surface area contributed by atoms with Crippen molar-refractivity contribution in [3.8, 4) is 28.6 Å². The maximum atomic E-state index is 8.53. The van der Waals surface area contributed by atoms with Crippen LogP contribution >= 0.6 is 0 Å². The summed E-state index contributed by atoms with van der Waals surface area (Å²) in [6, 6.07) is 9.72. The Bertz CT molecular complexity index is 1250. The molecule has 6 nitrogen and oxygen atoms in total. The van der Waals surface area contributed by atoms with Crippen molar-refractivity contribution in [2.24, 2.45) is 0 Å². The van der Waals surface area contributed by atoms with Crippen molar-refractivity contribution in [3.05, 3.63) is 58.9 Å². The van der Waals surface area contributed by atoms with Gasteiger partial charge in [0.25, 0.3) is 5.89 Å². The molecule has 0 saturated heterocycles. The Balaban J connectivity index is 1.69. The number of fused-ring (bicyclic) bond motifs is 1. The number of hydrogen-bond donors (Lipinski definition) is 1. The predicted molar refractivity (Wildman–Crippen MR) is 117 cm³/mol. The Labute approximate surface area is 182 Å². The standard InChI is InChI=1S/C24H26N4O2/c1-5-13-26-20-11-10-17-18(20)7-6-8-19(17)23-27-24(30-28-23)16-9-12-22(29-15(2)3)21(14-16)25-4/h6-9,12,14-15,20,26H,5,10-11,13H2,1-3H3/t20-/m0/s1/i11D2,13D2. The van der Waals surface area contributed by atoms with Gasteiger partial charge >= 0.3 is 0 Å². The fourth-order valence-electron chi connectivity index (χ4n) is 3.47. The van der Waals surface area contributed by atoms with E-state index < -0.39 is 18.9 Å². The summed E-state index contributed by atoms with van der Waals surface area (Å²) < 4.78 is 44.4. The molecule has 4 rings (SSSR count). The fraction of sp³-hybridized carbons (Fsp3) is 0.375. The monoisotopic (exact) mass is 406 g/mol. The molecular formula is C24H26N4O2. The molecule has 2 aromatic carbocycles. The second-order valence-electron chi connectivity index (χ2n) is 7.25. The maximum Gasteiger partial charge on any atom is 0.256 e. The zero-order chi connectivity index (χ0) is 24.7. The van der Waals surface area contributed by atoms with E-state index in [1.807, 2.05) is 26.0 Å². The first-order chi connectivity index (χ1) is 16.0. The first-order valence-electron chi connectivity index (χ1n) is 12.0. The number of benzene rings is 2. The molecule has 1 heterocycles. The highest BCUT2D eigenvalue weighted by atomic mass is 16.5. The quantitative estimate of drug-likeness (QED) is 0.508. The topological polar surface area (TPSA) is 64.5 Å². The zero-order valence-corrected chi connectivity index (χ0v) is 17.2. The normalized spacial score (nSPS) is 19.4. The summed E-state index contributed by atoms with van der Waals surface area (Å²) in [7, 11) is 0. The van der Waals surface area contributed by atoms with Crippen LogP contribution in [0.25, 0.3) is 27.7 Å². The summed E-state index contributed by atoms with van der Waals surface area (Å²) >= 11 is 0. The summed E-state index contributed by atoms with van der Waals surface area (Å²) in [4.78, 5) is 8.06. The largest absolute Gasteiger partial charge is 0.502 e. The first kappa shape index (κ1) is 15.6. The van der Waals surface area contributed by atoms with E-state index in [-0.39, 0.29) is 24.8 Å². The third kappa shape index (κ3) is 3.94. The summed E-state index contributed by atoms with van der Waals surface area (Å²) in [5.74, 6) is 1.04. The van der Waals surface area contributed by atoms with E-state index in [0.29, 0.717) is 34.0 Å². The third-order valence-electron chi connectivity index (χ3n) is 4.79. The van der Waals surface area contributed by atoms with Crippen molar-refractivity contribution in [2.45, 2.75) is 52.1 Å². The van der Waals surface area contributed by atoms with Crippen LogP contribution in [0.5, 0.6) is 5.75 Å². The number of ether oxygens (including phenoxy) is 1. The minimum Gasteiger partial charge on any atom is -0.502 e. The molecule has 6 heteroatoms. The number of nitrogens with zero attached hydrogens (tertiary/aromatic N) is 3. The molecule has 0 bridgehead atoms. The van der Waals surface area contributed by atoms with Gasteiger partial charge in [-0.3, -0.25) is 0 Å². The lowest BCUT2D eigenvalue weighted by molar-refractivity contribution is 0.244. The van der Waals surface area contributed by atoms with E-state index in [1.54, 1.807) is 31.2 Å². The van der Waals surface area contributed by atoms with Gasteiger partial charge in [-0.15, -0.1) is 0 Å². The highest BCUT2D eigenvalue weighted by molar-refractivity contribution is 5.70. The second kappa shape index (κ2) is 8.68. The summed E-state index contributed by atoms with van der Waals surface area (Å²) in [5, 5.41) is 6.96. The van der Waals surface area contributed by atoms with Gasteiger partial charge < -0.3 is 14.6 Å². The molecule has 0 amide bonds. The number of aromatic nitrogens is 2. The van der Waals surface area contributed by atoms with Crippen LogP contribution < -0.4 is 10.1 Å². The molecule has 154 valence electrons. The van der Waals surface area contributed by atoms with Crippen LogP contribution in [-0.4, -0.2) is 22.7 Å². The Kier molecular flexibility index (Phi) is 4.53. The Morgan fingerprint density at radius 3 is 3.03 bits per heavy atom. The molecule has 1 atom stereocenters. The molecule has 0 unspecified atom stereocenters. The molecule has 0 aliphatic heterocycles. The van der Waals surface area contributed by atoms with Crippen molar-refractivity contribution in [2.75, 3.05) is 6.50 Å². The van der Waals surface area contributed by atoms with Gasteiger partial charge in [-0.25, -0.2) is 4.85 Å². The molecule has 1 aliphatic carbocycles. The Morgan fingerprint density at radius 1 is 1.40 bits per heavy atom. The summed E-state index contributed by atoms with van der Waals surface area (Å²) in [5.41, 5.74) is 2.99. The molecule has 0 radical (unpaired) electrons. The lowest BCUT2D eigenvalue weighted by Gasteiger charge is -2.13. The minimum absolute atomic E-state index is 0.0615. The van der Waals surface area contributed by atoms with E-state index >= 15 is 0 Å². The third-order valence-corrected chi connectivity index (χ3v) is 4.79. The van der Waals surface area contributed by atoms with Gasteiger partial charge in [0.15, 0.2) is 0 Å². The number of hydrogen-bond acceptors (Lipinski definition) is 5. The summed E-state index contributed by atoms with van der Waals surface area (Å²) in [6.07, 6.45) is -1.42. The number of nitrogens with one attached hydrogen (secondary N) is 1. The molecule has 1 aromatic heterocycles. The molecule has 0 saturated carbocycles. The maximum absolute atomic E-state index is 8.53. The van der Waals surface area contributed by atoms with Gasteiger partial charge in [0.2, 0.25) is 11.5 Å². The zero-order valence-electron chi connectivity index (χ0n) is 21.2. The average molecular weight is 407 g/mol. The molecule has 0 spiro atoms. The average Bonchev–Trinajstić information content (AvgIpc) is 3.36. The number of rotatable bonds is 7. The van der Waals surface area contributed by atoms with E-state index in [0.717, 1.165) is 5.56 Å². The predicted octanol–water partition coefficient (Wildman–Crippen LogP) is 5.73. The van der Waals surface area contributed by atoms with Gasteiger partial charge in [-0.1, -0.05) is 30.3 Å². The van der Waals surface area contributed by atoms with Crippen LogP contribution in [0.1, 0.15) is 56.2 Å². The van der Waals surface area contributed by atoms with Gasteiger partial charge in [0.05, 0.1) is 12.7 Å². The minimum atomic E-state index is -1.69. The first-order valence-corrected chi connectivity index (χ1v) is 9.97. The van der Waals surface area contributed by atoms with Crippen molar-refractivity contribution >= 4 is 5.69 Å². The van der Waals surface area contributed by atoms with Crippen molar-refractivity contribution < 1.29 is 14.7 Å². The van der Waals surface area contributed by atoms with Crippen molar-refractivity contribution in [1.29, 1.82) is 0 Å². The van der Waals surface area contributed by atoms with E-state index in [4.69, 9.17) is 21.3 Å². The van der Waals surface area contributed by atoms with E-state index in [2.05, 4.69) is 20.3 Å². The highest BCUT2D eigenvalue weighted by Crippen LogP contribution is 2.38. The highest BCUT2D eigenvalue weighted by Gasteiger charge is 2.26. The lowest BCUT2D eigenvalue weighted by atomic mass is 10.0. The molecule has 0 fully saturated rings. The van der Waals surface area contributed by atoms with Crippen LogP contribution in [0.3, 0.4) is 0 Å². The Hall–Kier alpha value is -3.17. The van der Waals surface area contributed by atoms with Crippen molar-refractivity contribution in [3.63, 3.8) is 0 Å². The summed E-state index contributed by atoms with van der Waals surface area (Å²) in [6.45, 7) is 11.3. The fourth-order valence-corrected chi connectivity index (χ4v) is 3.47.